The third kappa shape index (κ3) is 4.29. The number of nitrogens with one attached hydrogen (secondary N) is 1. The van der Waals surface area contributed by atoms with Crippen molar-refractivity contribution >= 4 is 23.1 Å². The van der Waals surface area contributed by atoms with E-state index in [1.54, 1.807) is 25.3 Å². The number of carbonyl (C=O) groups excluding carboxylic acids is 1. The van der Waals surface area contributed by atoms with Crippen molar-refractivity contribution in [2.24, 2.45) is 0 Å². The summed E-state index contributed by atoms with van der Waals surface area (Å²) in [5, 5.41) is 14.0. The van der Waals surface area contributed by atoms with Gasteiger partial charge in [0.05, 0.1) is 11.5 Å². The molecule has 0 aliphatic carbocycles. The highest BCUT2D eigenvalue weighted by Gasteiger charge is 2.26. The minimum absolute atomic E-state index is 0.145. The van der Waals surface area contributed by atoms with Crippen LogP contribution in [0.1, 0.15) is 6.42 Å². The van der Waals surface area contributed by atoms with Crippen LogP contribution in [0, 0.1) is 10.1 Å². The third-order valence-corrected chi connectivity index (χ3v) is 3.46. The monoisotopic (exact) mass is 349 g/mol. The maximum atomic E-state index is 12.4. The highest BCUT2D eigenvalue weighted by atomic mass is 16.6. The van der Waals surface area contributed by atoms with Gasteiger partial charge in [-0.1, -0.05) is 6.07 Å². The van der Waals surface area contributed by atoms with Crippen LogP contribution >= 0.6 is 0 Å². The number of ether oxygens (including phenoxy) is 1. The van der Waals surface area contributed by atoms with Crippen molar-refractivity contribution in [3.8, 4) is 0 Å². The molecule has 0 aliphatic heterocycles. The highest BCUT2D eigenvalue weighted by molar-refractivity contribution is 5.81. The first-order chi connectivity index (χ1) is 12.0. The zero-order valence-corrected chi connectivity index (χ0v) is 14.0. The molecule has 1 amide bonds. The topological polar surface area (TPSA) is 119 Å². The Morgan fingerprint density at radius 2 is 2.24 bits per heavy atom. The third-order valence-electron chi connectivity index (χ3n) is 3.46. The molecule has 10 heteroatoms. The molecule has 0 bridgehead atoms. The SMILES string of the molecule is COCCCNC(=O)CN(C)c1nc2ccccn2c(=O)c1[N+](=O)[O-]. The largest absolute Gasteiger partial charge is 0.385 e. The van der Waals surface area contributed by atoms with Gasteiger partial charge in [-0.15, -0.1) is 0 Å². The number of carbonyl (C=O) groups is 1. The number of amides is 1. The molecule has 1 N–H and O–H groups in total. The van der Waals surface area contributed by atoms with Gasteiger partial charge in [0.2, 0.25) is 11.7 Å². The van der Waals surface area contributed by atoms with E-state index in [4.69, 9.17) is 4.74 Å². The van der Waals surface area contributed by atoms with E-state index in [0.717, 1.165) is 4.40 Å². The van der Waals surface area contributed by atoms with Crippen LogP contribution in [0.25, 0.3) is 5.65 Å². The van der Waals surface area contributed by atoms with E-state index in [-0.39, 0.29) is 23.9 Å². The number of methoxy groups -OCH3 is 1. The molecule has 25 heavy (non-hydrogen) atoms. The molecular weight excluding hydrogens is 330 g/mol. The number of rotatable bonds is 8. The molecule has 2 aromatic heterocycles. The van der Waals surface area contributed by atoms with E-state index in [9.17, 15) is 19.7 Å². The molecule has 0 atom stereocenters. The molecule has 2 aromatic rings. The number of hydrogen-bond donors (Lipinski definition) is 1. The van der Waals surface area contributed by atoms with Crippen LogP contribution in [0.3, 0.4) is 0 Å². The van der Waals surface area contributed by atoms with E-state index in [1.165, 1.54) is 18.1 Å². The van der Waals surface area contributed by atoms with Crippen LogP contribution < -0.4 is 15.8 Å². The first-order valence-corrected chi connectivity index (χ1v) is 7.58. The molecule has 0 radical (unpaired) electrons. The van der Waals surface area contributed by atoms with Crippen molar-refractivity contribution < 1.29 is 14.5 Å². The number of aromatic nitrogens is 2. The summed E-state index contributed by atoms with van der Waals surface area (Å²) in [4.78, 5) is 40.3. The second-order valence-electron chi connectivity index (χ2n) is 5.33. The Balaban J connectivity index is 2.26. The summed E-state index contributed by atoms with van der Waals surface area (Å²) < 4.78 is 5.98. The number of hydrogen-bond acceptors (Lipinski definition) is 7. The molecular formula is C15H19N5O5. The Labute approximate surface area is 143 Å². The fourth-order valence-corrected chi connectivity index (χ4v) is 2.28. The molecule has 0 saturated heterocycles. The molecule has 0 spiro atoms. The van der Waals surface area contributed by atoms with E-state index in [1.807, 2.05) is 0 Å². The second kappa shape index (κ2) is 8.20. The molecule has 0 saturated carbocycles. The number of fused-ring (bicyclic) bond motifs is 1. The summed E-state index contributed by atoms with van der Waals surface area (Å²) in [5.41, 5.74) is -1.20. The quantitative estimate of drug-likeness (QED) is 0.410. The first-order valence-electron chi connectivity index (χ1n) is 7.58. The van der Waals surface area contributed by atoms with Gasteiger partial charge in [-0.2, -0.15) is 0 Å². The Morgan fingerprint density at radius 3 is 2.92 bits per heavy atom. The number of pyridine rings is 1. The summed E-state index contributed by atoms with van der Waals surface area (Å²) in [7, 11) is 3.04. The van der Waals surface area contributed by atoms with Crippen LogP contribution in [0.4, 0.5) is 11.5 Å². The van der Waals surface area contributed by atoms with Crippen LogP contribution in [-0.2, 0) is 9.53 Å². The van der Waals surface area contributed by atoms with Gasteiger partial charge < -0.3 is 15.0 Å². The number of nitro groups is 1. The standard InChI is InChI=1S/C15H19N5O5/c1-18(10-12(21)16-7-5-9-25-2)14-13(20(23)24)15(22)19-8-4-3-6-11(19)17-14/h3-4,6,8H,5,7,9-10H2,1-2H3,(H,16,21). The molecule has 2 rings (SSSR count). The highest BCUT2D eigenvalue weighted by Crippen LogP contribution is 2.21. The predicted octanol–water partition coefficient (Wildman–Crippen LogP) is 0.192. The predicted molar refractivity (Wildman–Crippen MR) is 90.9 cm³/mol. The maximum absolute atomic E-state index is 12.4. The fourth-order valence-electron chi connectivity index (χ4n) is 2.28. The average Bonchev–Trinajstić information content (AvgIpc) is 2.58. The lowest BCUT2D eigenvalue weighted by atomic mass is 10.3. The fraction of sp³-hybridized carbons (Fsp3) is 0.400. The van der Waals surface area contributed by atoms with Gasteiger partial charge in [-0.05, 0) is 18.6 Å². The summed E-state index contributed by atoms with van der Waals surface area (Å²) in [5.74, 6) is -0.476. The van der Waals surface area contributed by atoms with Crippen molar-refractivity contribution in [1.29, 1.82) is 0 Å². The zero-order valence-electron chi connectivity index (χ0n) is 14.0. The molecule has 10 nitrogen and oxygen atoms in total. The van der Waals surface area contributed by atoms with E-state index in [0.29, 0.717) is 19.6 Å². The Hall–Kier alpha value is -3.01. The smallest absolute Gasteiger partial charge is 0.376 e. The lowest BCUT2D eigenvalue weighted by molar-refractivity contribution is -0.385. The first kappa shape index (κ1) is 18.3. The number of nitrogens with zero attached hydrogens (tertiary/aromatic N) is 4. The molecule has 0 fully saturated rings. The Kier molecular flexibility index (Phi) is 6.01. The summed E-state index contributed by atoms with van der Waals surface area (Å²) in [6.45, 7) is 0.782. The maximum Gasteiger partial charge on any atom is 0.376 e. The summed E-state index contributed by atoms with van der Waals surface area (Å²) in [6, 6.07) is 4.81. The van der Waals surface area contributed by atoms with E-state index in [2.05, 4.69) is 10.3 Å². The molecule has 0 aromatic carbocycles. The van der Waals surface area contributed by atoms with E-state index < -0.39 is 16.2 Å². The minimum Gasteiger partial charge on any atom is -0.385 e. The zero-order chi connectivity index (χ0) is 18.4. The van der Waals surface area contributed by atoms with Gasteiger partial charge in [0, 0.05) is 33.5 Å². The van der Waals surface area contributed by atoms with Crippen LogP contribution in [0.2, 0.25) is 0 Å². The molecule has 2 heterocycles. The van der Waals surface area contributed by atoms with Crippen LogP contribution in [-0.4, -0.2) is 54.1 Å². The van der Waals surface area contributed by atoms with Crippen LogP contribution in [0.15, 0.2) is 29.2 Å². The molecule has 0 aliphatic rings. The van der Waals surface area contributed by atoms with Crippen molar-refractivity contribution in [3.05, 3.63) is 44.9 Å². The van der Waals surface area contributed by atoms with Crippen molar-refractivity contribution in [2.45, 2.75) is 6.42 Å². The average molecular weight is 349 g/mol. The van der Waals surface area contributed by atoms with Gasteiger partial charge in [0.15, 0.2) is 0 Å². The number of likely N-dealkylation sites (N-methyl/N-ethyl adjacent to an activating group) is 1. The van der Waals surface area contributed by atoms with Crippen molar-refractivity contribution in [1.82, 2.24) is 14.7 Å². The van der Waals surface area contributed by atoms with Crippen molar-refractivity contribution in [2.75, 3.05) is 38.8 Å². The molecule has 0 unspecified atom stereocenters. The number of anilines is 1. The normalized spacial score (nSPS) is 10.6. The van der Waals surface area contributed by atoms with Gasteiger partial charge >= 0.3 is 11.2 Å². The molecule has 134 valence electrons. The Morgan fingerprint density at radius 1 is 1.48 bits per heavy atom. The van der Waals surface area contributed by atoms with Crippen molar-refractivity contribution in [3.63, 3.8) is 0 Å². The van der Waals surface area contributed by atoms with Gasteiger partial charge in [0.1, 0.15) is 5.65 Å². The summed E-state index contributed by atoms with van der Waals surface area (Å²) in [6.07, 6.45) is 2.06. The lowest BCUT2D eigenvalue weighted by Gasteiger charge is -2.17. The lowest BCUT2D eigenvalue weighted by Crippen LogP contribution is -2.37. The van der Waals surface area contributed by atoms with Gasteiger partial charge in [0.25, 0.3) is 0 Å². The Bertz CT molecular complexity index is 835. The second-order valence-corrected chi connectivity index (χ2v) is 5.33. The van der Waals surface area contributed by atoms with Gasteiger partial charge in [-0.25, -0.2) is 4.98 Å². The van der Waals surface area contributed by atoms with Gasteiger partial charge in [-0.3, -0.25) is 24.1 Å². The minimum atomic E-state index is -0.794. The van der Waals surface area contributed by atoms with Crippen LogP contribution in [0.5, 0.6) is 0 Å². The summed E-state index contributed by atoms with van der Waals surface area (Å²) >= 11 is 0. The van der Waals surface area contributed by atoms with E-state index >= 15 is 0 Å².